The van der Waals surface area contributed by atoms with Crippen molar-refractivity contribution in [1.29, 1.82) is 0 Å². The second-order valence-corrected chi connectivity index (χ2v) is 20.4. The lowest BCUT2D eigenvalue weighted by atomic mass is 9.78. The van der Waals surface area contributed by atoms with Crippen LogP contribution in [0.15, 0.2) is 125 Å². The van der Waals surface area contributed by atoms with Crippen LogP contribution >= 0.6 is 0 Å². The molecule has 0 bridgehead atoms. The van der Waals surface area contributed by atoms with Crippen LogP contribution in [0.2, 0.25) is 19.6 Å². The van der Waals surface area contributed by atoms with Crippen molar-refractivity contribution >= 4 is 41.0 Å². The summed E-state index contributed by atoms with van der Waals surface area (Å²) in [5.41, 5.74) is 13.0. The molecule has 0 N–H and O–H groups in total. The second kappa shape index (κ2) is 12.5. The van der Waals surface area contributed by atoms with Crippen molar-refractivity contribution in [3.8, 4) is 22.5 Å². The van der Waals surface area contributed by atoms with Crippen molar-refractivity contribution < 1.29 is 8.98 Å². The Morgan fingerprint density at radius 1 is 0.960 bits per heavy atom. The highest BCUT2D eigenvalue weighted by molar-refractivity contribution is 6.89. The van der Waals surface area contributed by atoms with Crippen LogP contribution in [-0.4, -0.2) is 18.8 Å². The van der Waals surface area contributed by atoms with Crippen molar-refractivity contribution in [3.63, 3.8) is 0 Å². The van der Waals surface area contributed by atoms with Gasteiger partial charge in [-0.3, -0.25) is 0 Å². The largest absolute Gasteiger partial charge is 0.438 e. The monoisotopic (exact) mass is 672 g/mol. The number of rotatable bonds is 6. The van der Waals surface area contributed by atoms with Crippen molar-refractivity contribution in [3.05, 3.63) is 138 Å². The third kappa shape index (κ3) is 5.48. The molecule has 3 aromatic heterocycles. The van der Waals surface area contributed by atoms with Crippen molar-refractivity contribution in [1.82, 2.24) is 4.98 Å². The Hall–Kier alpha value is -4.87. The fourth-order valence-corrected chi connectivity index (χ4v) is 9.91. The number of hydrogen-bond donors (Lipinski definition) is 0. The van der Waals surface area contributed by atoms with Crippen LogP contribution in [0.4, 0.5) is 0 Å². The van der Waals surface area contributed by atoms with Gasteiger partial charge in [0, 0.05) is 38.7 Å². The number of benzene rings is 3. The highest BCUT2D eigenvalue weighted by atomic mass is 28.3. The summed E-state index contributed by atoms with van der Waals surface area (Å²) < 4.78 is 9.02. The smallest absolute Gasteiger partial charge is 0.227 e. The number of furan rings is 1. The Balaban J connectivity index is 1.29. The molecule has 0 saturated carbocycles. The first kappa shape index (κ1) is 32.3. The first-order valence-electron chi connectivity index (χ1n) is 18.1. The summed E-state index contributed by atoms with van der Waals surface area (Å²) >= 11 is 0. The first-order valence-corrected chi connectivity index (χ1v) is 21.6. The lowest BCUT2D eigenvalue weighted by molar-refractivity contribution is -0.708. The third-order valence-electron chi connectivity index (χ3n) is 11.0. The summed E-state index contributed by atoms with van der Waals surface area (Å²) in [6, 6.07) is 30.5. The van der Waals surface area contributed by atoms with Gasteiger partial charge in [-0.2, -0.15) is 4.57 Å². The third-order valence-corrected chi connectivity index (χ3v) is 13.1. The number of aromatic nitrogens is 2. The predicted octanol–water partition coefficient (Wildman–Crippen LogP) is 10.5. The molecule has 0 fully saturated rings. The van der Waals surface area contributed by atoms with E-state index in [1.165, 1.54) is 34.4 Å². The number of aryl methyl sites for hydroxylation is 1. The van der Waals surface area contributed by atoms with Crippen LogP contribution < -0.4 is 9.75 Å². The van der Waals surface area contributed by atoms with Crippen LogP contribution in [0, 0.1) is 5.92 Å². The van der Waals surface area contributed by atoms with E-state index in [1.807, 2.05) is 24.3 Å². The van der Waals surface area contributed by atoms with Gasteiger partial charge in [-0.25, -0.2) is 9.98 Å². The molecule has 3 unspecified atom stereocenters. The van der Waals surface area contributed by atoms with E-state index in [2.05, 4.69) is 118 Å². The van der Waals surface area contributed by atoms with Crippen LogP contribution in [-0.2, 0) is 12.8 Å². The minimum Gasteiger partial charge on any atom is -0.438 e. The highest BCUT2D eigenvalue weighted by Crippen LogP contribution is 2.45. The fourth-order valence-electron chi connectivity index (χ4n) is 8.25. The summed E-state index contributed by atoms with van der Waals surface area (Å²) in [7, 11) is -1.68. The highest BCUT2D eigenvalue weighted by Gasteiger charge is 2.44. The molecule has 4 nitrogen and oxygen atoms in total. The summed E-state index contributed by atoms with van der Waals surface area (Å²) in [5, 5.41) is 3.59. The van der Waals surface area contributed by atoms with Gasteiger partial charge in [-0.1, -0.05) is 102 Å². The van der Waals surface area contributed by atoms with Crippen LogP contribution in [0.1, 0.15) is 60.9 Å². The zero-order chi connectivity index (χ0) is 34.7. The fraction of sp³-hybridized carbons (Fsp3) is 0.267. The SMILES string of the molecule is C=CC1=NC(=C)C2C(CCc3cc4oc5nc(-c6ccccc6)ccc5c4cc31)c1ccccc1-c1cc(CC(C)CC)c([Si](C)(C)C)c[n+]12. The Morgan fingerprint density at radius 3 is 2.50 bits per heavy atom. The average Bonchev–Trinajstić information content (AvgIpc) is 3.50. The average molecular weight is 673 g/mol. The van der Waals surface area contributed by atoms with Gasteiger partial charge < -0.3 is 4.42 Å². The number of aliphatic imine (C=N–C) groups is 1. The molecular formula is C45H46N3OSi+. The molecule has 2 aliphatic heterocycles. The zero-order valence-corrected chi connectivity index (χ0v) is 31.0. The maximum absolute atomic E-state index is 6.48. The summed E-state index contributed by atoms with van der Waals surface area (Å²) in [5.74, 6) is 0.852. The first-order chi connectivity index (χ1) is 24.1. The molecule has 2 aliphatic rings. The van der Waals surface area contributed by atoms with Gasteiger partial charge in [0.25, 0.3) is 0 Å². The molecule has 5 heteroatoms. The zero-order valence-electron chi connectivity index (χ0n) is 30.0. The number of pyridine rings is 2. The number of hydrogen-bond acceptors (Lipinski definition) is 3. The summed E-state index contributed by atoms with van der Waals surface area (Å²) in [6.07, 6.45) is 8.52. The van der Waals surface area contributed by atoms with E-state index in [4.69, 9.17) is 21.0 Å². The molecule has 3 aromatic carbocycles. The van der Waals surface area contributed by atoms with Gasteiger partial charge in [0.15, 0.2) is 6.20 Å². The molecule has 250 valence electrons. The number of fused-ring (bicyclic) bond motifs is 10. The Morgan fingerprint density at radius 2 is 1.74 bits per heavy atom. The van der Waals surface area contributed by atoms with E-state index in [-0.39, 0.29) is 12.0 Å². The van der Waals surface area contributed by atoms with Crippen LogP contribution in [0.25, 0.3) is 44.6 Å². The topological polar surface area (TPSA) is 42.3 Å². The molecule has 0 aliphatic carbocycles. The Labute approximate surface area is 296 Å². The second-order valence-electron chi connectivity index (χ2n) is 15.4. The van der Waals surface area contributed by atoms with Crippen molar-refractivity contribution in [2.24, 2.45) is 10.9 Å². The lowest BCUT2D eigenvalue weighted by Gasteiger charge is -2.32. The van der Waals surface area contributed by atoms with Crippen LogP contribution in [0.5, 0.6) is 0 Å². The Bertz CT molecular complexity index is 2340. The normalized spacial score (nSPS) is 17.9. The summed E-state index contributed by atoms with van der Waals surface area (Å²) in [4.78, 5) is 10.3. The van der Waals surface area contributed by atoms with Gasteiger partial charge in [-0.15, -0.1) is 0 Å². The molecule has 50 heavy (non-hydrogen) atoms. The Kier molecular flexibility index (Phi) is 8.07. The van der Waals surface area contributed by atoms with E-state index in [1.54, 1.807) is 5.19 Å². The molecule has 8 rings (SSSR count). The van der Waals surface area contributed by atoms with Crippen LogP contribution in [0.3, 0.4) is 0 Å². The van der Waals surface area contributed by atoms with E-state index in [9.17, 15) is 0 Å². The molecule has 6 aromatic rings. The minimum absolute atomic E-state index is 0.00124. The lowest BCUT2D eigenvalue weighted by Crippen LogP contribution is -2.54. The maximum Gasteiger partial charge on any atom is 0.227 e. The number of nitrogens with zero attached hydrogens (tertiary/aromatic N) is 3. The molecule has 5 heterocycles. The van der Waals surface area contributed by atoms with E-state index < -0.39 is 8.07 Å². The molecule has 0 saturated heterocycles. The van der Waals surface area contributed by atoms with E-state index >= 15 is 0 Å². The predicted molar refractivity (Wildman–Crippen MR) is 211 cm³/mol. The van der Waals surface area contributed by atoms with E-state index in [0.717, 1.165) is 63.8 Å². The van der Waals surface area contributed by atoms with Gasteiger partial charge in [-0.05, 0) is 78.3 Å². The standard InChI is InChI=1S/C45H46N3OSi/c1-8-28(3)23-32-24-41-34-18-14-13-17-33(34)35-20-19-31-25-42-38(36-21-22-40(47-45(36)49-42)30-15-11-10-12-16-30)26-37(31)39(9-2)46-29(4)44(35)48(41)27-43(32)50(5,6)7/h9-18,21-22,24-28,35,44H,2,4,8,19-20,23H2,1,3,5-7H3/q+1. The number of allylic oxidation sites excluding steroid dienone is 2. The molecule has 0 amide bonds. The molecule has 0 radical (unpaired) electrons. The molecule has 0 spiro atoms. The van der Waals surface area contributed by atoms with Crippen molar-refractivity contribution in [2.45, 2.75) is 71.1 Å². The summed E-state index contributed by atoms with van der Waals surface area (Å²) in [6.45, 7) is 21.1. The molecular weight excluding hydrogens is 627 g/mol. The van der Waals surface area contributed by atoms with Gasteiger partial charge in [0.2, 0.25) is 17.4 Å². The van der Waals surface area contributed by atoms with Gasteiger partial charge in [0.1, 0.15) is 11.3 Å². The van der Waals surface area contributed by atoms with Gasteiger partial charge >= 0.3 is 0 Å². The van der Waals surface area contributed by atoms with E-state index in [0.29, 0.717) is 11.6 Å². The minimum atomic E-state index is -1.68. The van der Waals surface area contributed by atoms with Crippen molar-refractivity contribution in [2.75, 3.05) is 0 Å². The quantitative estimate of drug-likeness (QED) is 0.131. The van der Waals surface area contributed by atoms with Gasteiger partial charge in [0.05, 0.1) is 25.4 Å². The molecule has 3 atom stereocenters. The maximum atomic E-state index is 6.48.